The zero-order valence-corrected chi connectivity index (χ0v) is 23.5. The van der Waals surface area contributed by atoms with Crippen molar-refractivity contribution in [1.82, 2.24) is 4.90 Å². The summed E-state index contributed by atoms with van der Waals surface area (Å²) in [5.74, 6) is -3.63. The van der Waals surface area contributed by atoms with Crippen LogP contribution >= 0.6 is 0 Å². The molecular formula is C30H35NO11. The summed E-state index contributed by atoms with van der Waals surface area (Å²) in [7, 11) is 1.86. The molecule has 2 heterocycles. The van der Waals surface area contributed by atoms with Gasteiger partial charge in [-0.2, -0.15) is 0 Å². The first-order valence-corrected chi connectivity index (χ1v) is 14.1. The number of hydrogen-bond acceptors (Lipinski definition) is 12. The minimum absolute atomic E-state index is 0.0295. The second kappa shape index (κ2) is 10.3. The number of aromatic hydroxyl groups is 3. The van der Waals surface area contributed by atoms with Crippen LogP contribution in [0, 0.1) is 0 Å². The molecule has 8 atom stereocenters. The Kier molecular flexibility index (Phi) is 7.09. The van der Waals surface area contributed by atoms with Gasteiger partial charge in [-0.25, -0.2) is 0 Å². The van der Waals surface area contributed by atoms with Crippen molar-refractivity contribution < 1.29 is 54.4 Å². The van der Waals surface area contributed by atoms with E-state index in [1.165, 1.54) is 18.2 Å². The molecule has 0 aromatic heterocycles. The Morgan fingerprint density at radius 2 is 1.71 bits per heavy atom. The Balaban J connectivity index is 1.43. The van der Waals surface area contributed by atoms with Crippen LogP contribution in [0.15, 0.2) is 18.2 Å². The molecule has 6 N–H and O–H groups in total. The van der Waals surface area contributed by atoms with Crippen LogP contribution in [0.3, 0.4) is 0 Å². The summed E-state index contributed by atoms with van der Waals surface area (Å²) in [6.45, 7) is 4.57. The van der Waals surface area contributed by atoms with Crippen LogP contribution in [0.4, 0.5) is 0 Å². The predicted molar refractivity (Wildman–Crippen MR) is 145 cm³/mol. The van der Waals surface area contributed by atoms with E-state index in [-0.39, 0.29) is 53.7 Å². The lowest BCUT2D eigenvalue weighted by atomic mass is 9.70. The molecule has 0 spiro atoms. The van der Waals surface area contributed by atoms with E-state index in [9.17, 15) is 40.2 Å². The highest BCUT2D eigenvalue weighted by atomic mass is 16.7. The quantitative estimate of drug-likeness (QED) is 0.180. The van der Waals surface area contributed by atoms with Gasteiger partial charge in [-0.3, -0.25) is 14.5 Å². The summed E-state index contributed by atoms with van der Waals surface area (Å²) >= 11 is 0. The van der Waals surface area contributed by atoms with Crippen LogP contribution in [-0.4, -0.2) is 104 Å². The number of phenolic OH excluding ortho intramolecular Hbond substituents is 3. The highest BCUT2D eigenvalue weighted by molar-refractivity contribution is 6.31. The molecule has 2 aromatic rings. The van der Waals surface area contributed by atoms with Gasteiger partial charge in [0.15, 0.2) is 12.1 Å². The molecule has 2 aromatic carbocycles. The molecule has 2 aliphatic carbocycles. The lowest BCUT2D eigenvalue weighted by Crippen LogP contribution is -2.55. The Morgan fingerprint density at radius 3 is 2.38 bits per heavy atom. The van der Waals surface area contributed by atoms with Crippen LogP contribution in [0.1, 0.15) is 88.3 Å². The third-order valence-electron chi connectivity index (χ3n) is 9.20. The fraction of sp³-hybridized carbons (Fsp3) is 0.533. The summed E-state index contributed by atoms with van der Waals surface area (Å²) in [6, 6.07) is 3.56. The Hall–Kier alpha value is -3.10. The number of aliphatic hydroxyl groups excluding tert-OH is 2. The number of aliphatic hydroxyl groups is 3. The van der Waals surface area contributed by atoms with Gasteiger partial charge in [0.25, 0.3) is 0 Å². The molecule has 2 aliphatic heterocycles. The van der Waals surface area contributed by atoms with Crippen molar-refractivity contribution in [2.24, 2.45) is 0 Å². The normalized spacial score (nSPS) is 33.7. The second-order valence-electron chi connectivity index (χ2n) is 11.8. The zero-order valence-electron chi connectivity index (χ0n) is 23.5. The van der Waals surface area contributed by atoms with Gasteiger partial charge in [0.05, 0.1) is 53.3 Å². The number of rotatable bonds is 6. The van der Waals surface area contributed by atoms with E-state index in [0.29, 0.717) is 13.2 Å². The minimum Gasteiger partial charge on any atom is -0.507 e. The van der Waals surface area contributed by atoms with E-state index in [0.717, 1.165) is 0 Å². The molecule has 2 saturated heterocycles. The smallest absolute Gasteiger partial charge is 0.202 e. The van der Waals surface area contributed by atoms with E-state index in [1.807, 2.05) is 11.9 Å². The molecule has 0 saturated carbocycles. The number of ketones is 2. The van der Waals surface area contributed by atoms with Crippen molar-refractivity contribution in [2.45, 2.75) is 81.6 Å². The number of epoxide rings is 1. The fourth-order valence-electron chi connectivity index (χ4n) is 6.66. The average Bonchev–Trinajstić information content (AvgIpc) is 3.76. The SMILES string of the molecule is CC[C@@]1(O)C[C@H](O[C@H]2C[C@H](N(C)C[C@@H]3CO3)[C@H](O)[C@H](C)O2)c2c(O)c3c(c(O)c2[C@H]1O)C(=O)c1cccc(O)c1C3=O. The van der Waals surface area contributed by atoms with Crippen molar-refractivity contribution in [1.29, 1.82) is 0 Å². The number of ether oxygens (including phenoxy) is 3. The number of fused-ring (bicyclic) bond motifs is 3. The van der Waals surface area contributed by atoms with E-state index in [4.69, 9.17) is 14.2 Å². The molecule has 42 heavy (non-hydrogen) atoms. The number of carbonyl (C=O) groups is 2. The molecule has 12 heteroatoms. The third kappa shape index (κ3) is 4.41. The van der Waals surface area contributed by atoms with Crippen LogP contribution in [0.25, 0.3) is 0 Å². The number of carbonyl (C=O) groups excluding carboxylic acids is 2. The Bertz CT molecular complexity index is 1460. The van der Waals surface area contributed by atoms with Crippen LogP contribution in [0.5, 0.6) is 17.2 Å². The molecule has 2 fully saturated rings. The molecule has 0 amide bonds. The zero-order chi connectivity index (χ0) is 30.2. The summed E-state index contributed by atoms with van der Waals surface area (Å²) in [5, 5.41) is 67.0. The van der Waals surface area contributed by atoms with Crippen molar-refractivity contribution >= 4 is 11.6 Å². The van der Waals surface area contributed by atoms with Crippen molar-refractivity contribution in [3.8, 4) is 17.2 Å². The molecule has 12 nitrogen and oxygen atoms in total. The van der Waals surface area contributed by atoms with Gasteiger partial charge < -0.3 is 44.8 Å². The maximum atomic E-state index is 13.6. The Labute approximate surface area is 241 Å². The van der Waals surface area contributed by atoms with Gasteiger partial charge in [0.2, 0.25) is 5.78 Å². The summed E-state index contributed by atoms with van der Waals surface area (Å²) < 4.78 is 17.6. The summed E-state index contributed by atoms with van der Waals surface area (Å²) in [5.41, 5.74) is -3.83. The summed E-state index contributed by atoms with van der Waals surface area (Å²) in [6.07, 6.45) is -5.24. The number of hydrogen-bond donors (Lipinski definition) is 6. The number of likely N-dealkylation sites (N-methyl/N-ethyl adjacent to an activating group) is 1. The lowest BCUT2D eigenvalue weighted by Gasteiger charge is -2.46. The molecule has 0 radical (unpaired) electrons. The van der Waals surface area contributed by atoms with Crippen molar-refractivity contribution in [3.63, 3.8) is 0 Å². The monoisotopic (exact) mass is 585 g/mol. The third-order valence-corrected chi connectivity index (χ3v) is 9.20. The maximum absolute atomic E-state index is 13.6. The van der Waals surface area contributed by atoms with Gasteiger partial charge in [-0.1, -0.05) is 19.1 Å². The lowest BCUT2D eigenvalue weighted by molar-refractivity contribution is -0.262. The van der Waals surface area contributed by atoms with Gasteiger partial charge in [0.1, 0.15) is 23.4 Å². The van der Waals surface area contributed by atoms with E-state index >= 15 is 0 Å². The highest BCUT2D eigenvalue weighted by Gasteiger charge is 2.52. The number of nitrogens with zero attached hydrogens (tertiary/aromatic N) is 1. The number of benzene rings is 2. The topological polar surface area (TPSA) is 190 Å². The summed E-state index contributed by atoms with van der Waals surface area (Å²) in [4.78, 5) is 29.0. The van der Waals surface area contributed by atoms with E-state index < -0.39 is 76.2 Å². The van der Waals surface area contributed by atoms with Gasteiger partial charge in [0, 0.05) is 42.1 Å². The highest BCUT2D eigenvalue weighted by Crippen LogP contribution is 2.56. The molecule has 6 rings (SSSR count). The van der Waals surface area contributed by atoms with Gasteiger partial charge >= 0.3 is 0 Å². The average molecular weight is 586 g/mol. The van der Waals surface area contributed by atoms with E-state index in [2.05, 4.69) is 0 Å². The molecular weight excluding hydrogens is 550 g/mol. The first-order chi connectivity index (χ1) is 19.9. The first kappa shape index (κ1) is 29.0. The molecule has 0 bridgehead atoms. The van der Waals surface area contributed by atoms with Crippen LogP contribution in [-0.2, 0) is 14.2 Å². The Morgan fingerprint density at radius 1 is 1.05 bits per heavy atom. The molecule has 4 aliphatic rings. The molecule has 226 valence electrons. The van der Waals surface area contributed by atoms with Gasteiger partial charge in [-0.05, 0) is 26.5 Å². The first-order valence-electron chi connectivity index (χ1n) is 14.1. The van der Waals surface area contributed by atoms with Crippen LogP contribution < -0.4 is 0 Å². The second-order valence-corrected chi connectivity index (χ2v) is 11.8. The van der Waals surface area contributed by atoms with Crippen molar-refractivity contribution in [3.05, 3.63) is 51.6 Å². The predicted octanol–water partition coefficient (Wildman–Crippen LogP) is 1.41. The number of phenols is 3. The fourth-order valence-corrected chi connectivity index (χ4v) is 6.66. The van der Waals surface area contributed by atoms with E-state index in [1.54, 1.807) is 13.8 Å². The maximum Gasteiger partial charge on any atom is 0.202 e. The minimum atomic E-state index is -1.83. The van der Waals surface area contributed by atoms with Crippen molar-refractivity contribution in [2.75, 3.05) is 20.2 Å². The van der Waals surface area contributed by atoms with Crippen LogP contribution in [0.2, 0.25) is 0 Å². The van der Waals surface area contributed by atoms with Gasteiger partial charge in [-0.15, -0.1) is 0 Å². The molecule has 0 unspecified atom stereocenters. The largest absolute Gasteiger partial charge is 0.507 e. The standard InChI is InChI=1S/C30H35NO11/c1-4-30(39)9-17(42-18-8-15(24(33)12(2)41-18)31(3)10-13-11-40-13)20-23(29(30)38)28(37)21-22(27(20)36)26(35)19-14(25(21)34)6-5-7-16(19)32/h5-7,12-13,15,17-18,24,29,32-33,36-39H,4,8-11H2,1-3H3/t12-,13+,15-,17-,18-,24+,29+,30+/m0/s1.